The first-order chi connectivity index (χ1) is 11.3. The van der Waals surface area contributed by atoms with Gasteiger partial charge >= 0.3 is 0 Å². The molecule has 0 aliphatic carbocycles. The average Bonchev–Trinajstić information content (AvgIpc) is 2.48. The van der Waals surface area contributed by atoms with Crippen LogP contribution in [0, 0.1) is 5.82 Å². The summed E-state index contributed by atoms with van der Waals surface area (Å²) in [5.41, 5.74) is 0.385. The third kappa shape index (κ3) is 4.78. The number of hydrogen-bond donors (Lipinski definition) is 1. The van der Waals surface area contributed by atoms with Crippen LogP contribution < -0.4 is 9.46 Å². The van der Waals surface area contributed by atoms with Crippen molar-refractivity contribution >= 4 is 31.9 Å². The molecule has 0 aromatic heterocycles. The molecular weight excluding hydrogens is 401 g/mol. The molecule has 0 atom stereocenters. The maximum absolute atomic E-state index is 13.1. The Labute approximate surface area is 148 Å². The molecule has 0 radical (unpaired) electrons. The van der Waals surface area contributed by atoms with Gasteiger partial charge in [-0.1, -0.05) is 12.1 Å². The third-order valence-corrected chi connectivity index (χ3v) is 5.01. The molecule has 0 aliphatic rings. The minimum atomic E-state index is -4.02. The number of sulfonamides is 1. The van der Waals surface area contributed by atoms with E-state index in [4.69, 9.17) is 4.74 Å². The fourth-order valence-corrected chi connectivity index (χ4v) is 3.65. The molecule has 2 aromatic carbocycles. The number of benzene rings is 2. The summed E-state index contributed by atoms with van der Waals surface area (Å²) in [4.78, 5) is 11.8. The van der Waals surface area contributed by atoms with Crippen LogP contribution in [-0.2, 0) is 21.2 Å². The van der Waals surface area contributed by atoms with Gasteiger partial charge in [0.25, 0.3) is 10.0 Å². The van der Waals surface area contributed by atoms with Crippen LogP contribution in [0.3, 0.4) is 0 Å². The molecule has 0 saturated heterocycles. The largest absolute Gasteiger partial charge is 0.493 e. The Balaban J connectivity index is 2.13. The number of nitrogens with one attached hydrogen (secondary N) is 1. The van der Waals surface area contributed by atoms with E-state index in [-0.39, 0.29) is 11.3 Å². The summed E-state index contributed by atoms with van der Waals surface area (Å²) >= 11 is 3.22. The highest BCUT2D eigenvalue weighted by molar-refractivity contribution is 9.10. The highest BCUT2D eigenvalue weighted by Crippen LogP contribution is 2.27. The summed E-state index contributed by atoms with van der Waals surface area (Å²) < 4.78 is 45.3. The monoisotopic (exact) mass is 415 g/mol. The van der Waals surface area contributed by atoms with Crippen LogP contribution in [0.4, 0.5) is 4.39 Å². The van der Waals surface area contributed by atoms with E-state index in [1.54, 1.807) is 6.07 Å². The van der Waals surface area contributed by atoms with Crippen molar-refractivity contribution in [1.82, 2.24) is 4.72 Å². The molecule has 128 valence electrons. The second-order valence-electron chi connectivity index (χ2n) is 4.86. The summed E-state index contributed by atoms with van der Waals surface area (Å²) in [6.07, 6.45) is -0.241. The van der Waals surface area contributed by atoms with Crippen LogP contribution in [0.15, 0.2) is 51.8 Å². The Hall–Kier alpha value is -1.93. The van der Waals surface area contributed by atoms with Gasteiger partial charge in [0.05, 0.1) is 22.4 Å². The van der Waals surface area contributed by atoms with Gasteiger partial charge in [-0.15, -0.1) is 0 Å². The van der Waals surface area contributed by atoms with Gasteiger partial charge in [0.2, 0.25) is 5.91 Å². The van der Waals surface area contributed by atoms with Crippen molar-refractivity contribution < 1.29 is 22.3 Å². The Morgan fingerprint density at radius 3 is 2.62 bits per heavy atom. The Bertz CT molecular complexity index is 855. The van der Waals surface area contributed by atoms with Crippen LogP contribution in [0.5, 0.6) is 5.75 Å². The van der Waals surface area contributed by atoms with Crippen molar-refractivity contribution in [3.8, 4) is 5.75 Å². The number of carbonyl (C=O) groups is 1. The van der Waals surface area contributed by atoms with Crippen LogP contribution in [0.2, 0.25) is 0 Å². The number of halogens is 2. The van der Waals surface area contributed by atoms with Crippen molar-refractivity contribution in [2.45, 2.75) is 18.2 Å². The number of rotatable bonds is 6. The highest BCUT2D eigenvalue weighted by atomic mass is 79.9. The van der Waals surface area contributed by atoms with Crippen LogP contribution in [0.1, 0.15) is 12.5 Å². The van der Waals surface area contributed by atoms with Gasteiger partial charge in [0.15, 0.2) is 0 Å². The fraction of sp³-hybridized carbons (Fsp3) is 0.188. The predicted octanol–water partition coefficient (Wildman–Crippen LogP) is 3.03. The zero-order valence-corrected chi connectivity index (χ0v) is 15.2. The van der Waals surface area contributed by atoms with E-state index in [2.05, 4.69) is 15.9 Å². The first kappa shape index (κ1) is 18.4. The SMILES string of the molecule is CCOc1ccc(S(=O)(=O)NC(=O)Cc2cccc(F)c2)cc1Br. The molecule has 0 unspecified atom stereocenters. The number of ether oxygens (including phenoxy) is 1. The fourth-order valence-electron chi connectivity index (χ4n) is 2.00. The molecule has 1 amide bonds. The molecule has 0 saturated carbocycles. The van der Waals surface area contributed by atoms with Crippen molar-refractivity contribution in [2.75, 3.05) is 6.61 Å². The van der Waals surface area contributed by atoms with E-state index in [0.29, 0.717) is 22.4 Å². The quantitative estimate of drug-likeness (QED) is 0.786. The summed E-state index contributed by atoms with van der Waals surface area (Å²) in [5, 5.41) is 0. The Morgan fingerprint density at radius 1 is 1.25 bits per heavy atom. The van der Waals surface area contributed by atoms with Crippen molar-refractivity contribution in [3.63, 3.8) is 0 Å². The summed E-state index contributed by atoms with van der Waals surface area (Å²) in [7, 11) is -4.02. The topological polar surface area (TPSA) is 72.5 Å². The van der Waals surface area contributed by atoms with E-state index >= 15 is 0 Å². The molecule has 5 nitrogen and oxygen atoms in total. The lowest BCUT2D eigenvalue weighted by Crippen LogP contribution is -2.31. The zero-order chi connectivity index (χ0) is 17.7. The van der Waals surface area contributed by atoms with E-state index in [1.807, 2.05) is 11.6 Å². The van der Waals surface area contributed by atoms with Crippen LogP contribution in [0.25, 0.3) is 0 Å². The zero-order valence-electron chi connectivity index (χ0n) is 12.8. The summed E-state index contributed by atoms with van der Waals surface area (Å²) in [6.45, 7) is 2.25. The van der Waals surface area contributed by atoms with Crippen molar-refractivity contribution in [1.29, 1.82) is 0 Å². The molecular formula is C16H15BrFNO4S. The van der Waals surface area contributed by atoms with Gasteiger partial charge in [-0.05, 0) is 58.7 Å². The van der Waals surface area contributed by atoms with Crippen molar-refractivity contribution in [3.05, 3.63) is 58.3 Å². The van der Waals surface area contributed by atoms with Gasteiger partial charge in [-0.2, -0.15) is 0 Å². The van der Waals surface area contributed by atoms with Crippen LogP contribution >= 0.6 is 15.9 Å². The minimum absolute atomic E-state index is 0.0783. The molecule has 2 rings (SSSR count). The lowest BCUT2D eigenvalue weighted by atomic mass is 10.1. The first-order valence-electron chi connectivity index (χ1n) is 7.04. The summed E-state index contributed by atoms with van der Waals surface area (Å²) in [5.74, 6) is -0.730. The van der Waals surface area contributed by atoms with Crippen molar-refractivity contribution in [2.24, 2.45) is 0 Å². The lowest BCUT2D eigenvalue weighted by molar-refractivity contribution is -0.118. The van der Waals surface area contributed by atoms with Gasteiger partial charge in [0, 0.05) is 0 Å². The molecule has 0 spiro atoms. The predicted molar refractivity (Wildman–Crippen MR) is 90.7 cm³/mol. The molecule has 1 N–H and O–H groups in total. The number of amides is 1. The minimum Gasteiger partial charge on any atom is -0.493 e. The molecule has 0 heterocycles. The highest BCUT2D eigenvalue weighted by Gasteiger charge is 2.19. The Morgan fingerprint density at radius 2 is 2.00 bits per heavy atom. The molecule has 0 aliphatic heterocycles. The smallest absolute Gasteiger partial charge is 0.264 e. The molecule has 2 aromatic rings. The second kappa shape index (κ2) is 7.76. The van der Waals surface area contributed by atoms with Gasteiger partial charge in [0.1, 0.15) is 11.6 Å². The molecule has 24 heavy (non-hydrogen) atoms. The van der Waals surface area contributed by atoms with Crippen LogP contribution in [-0.4, -0.2) is 20.9 Å². The van der Waals surface area contributed by atoms with E-state index in [1.165, 1.54) is 36.4 Å². The molecule has 0 bridgehead atoms. The summed E-state index contributed by atoms with van der Waals surface area (Å²) in [6, 6.07) is 9.61. The standard InChI is InChI=1S/C16H15BrFNO4S/c1-2-23-15-7-6-13(10-14(15)17)24(21,22)19-16(20)9-11-4-3-5-12(18)8-11/h3-8,10H,2,9H2,1H3,(H,19,20). The number of carbonyl (C=O) groups excluding carboxylic acids is 1. The molecule has 0 fully saturated rings. The first-order valence-corrected chi connectivity index (χ1v) is 9.32. The second-order valence-corrected chi connectivity index (χ2v) is 7.40. The average molecular weight is 416 g/mol. The normalized spacial score (nSPS) is 11.1. The van der Waals surface area contributed by atoms with Gasteiger partial charge in [-0.25, -0.2) is 17.5 Å². The van der Waals surface area contributed by atoms with E-state index in [0.717, 1.165) is 0 Å². The maximum Gasteiger partial charge on any atom is 0.264 e. The number of hydrogen-bond acceptors (Lipinski definition) is 4. The van der Waals surface area contributed by atoms with Gasteiger partial charge < -0.3 is 4.74 Å². The lowest BCUT2D eigenvalue weighted by Gasteiger charge is -2.10. The van der Waals surface area contributed by atoms with E-state index in [9.17, 15) is 17.6 Å². The van der Waals surface area contributed by atoms with E-state index < -0.39 is 21.7 Å². The third-order valence-electron chi connectivity index (χ3n) is 3.02. The Kier molecular flexibility index (Phi) is 5.95. The molecule has 8 heteroatoms. The van der Waals surface area contributed by atoms with Gasteiger partial charge in [-0.3, -0.25) is 4.79 Å². The maximum atomic E-state index is 13.1.